The Morgan fingerprint density at radius 3 is 2.52 bits per heavy atom. The van der Waals surface area contributed by atoms with Crippen LogP contribution in [0.1, 0.15) is 106 Å². The van der Waals surface area contributed by atoms with Crippen molar-refractivity contribution in [3.05, 3.63) is 23.8 Å². The predicted molar refractivity (Wildman–Crippen MR) is 141 cm³/mol. The molecule has 33 heavy (non-hydrogen) atoms. The normalized spacial score (nSPS) is 49.6. The van der Waals surface area contributed by atoms with Crippen molar-refractivity contribution >= 4 is 6.21 Å². The van der Waals surface area contributed by atoms with E-state index in [0.29, 0.717) is 28.1 Å². The maximum Gasteiger partial charge on any atom is 0.106 e. The first kappa shape index (κ1) is 25.1. The highest BCUT2D eigenvalue weighted by Crippen LogP contribution is 2.74. The summed E-state index contributed by atoms with van der Waals surface area (Å²) in [5.74, 6) is 3.73. The SMILES string of the molecule is C=C(C)[C@@H]1CC[C@]2(C)[C@H](CC=C3[C@@H]4[C@@H](C)[C@H](C)CC[C@]4(C)CC[C@]32C)[C@@]1(C)CC/C=N/OC. The van der Waals surface area contributed by atoms with Crippen LogP contribution in [0, 0.1) is 51.2 Å². The average Bonchev–Trinajstić information content (AvgIpc) is 2.75. The zero-order chi connectivity index (χ0) is 24.2. The Labute approximate surface area is 204 Å². The number of hydrogen-bond donors (Lipinski definition) is 0. The smallest absolute Gasteiger partial charge is 0.106 e. The van der Waals surface area contributed by atoms with E-state index >= 15 is 0 Å². The van der Waals surface area contributed by atoms with E-state index < -0.39 is 0 Å². The lowest BCUT2D eigenvalue weighted by Gasteiger charge is -2.69. The molecule has 0 bridgehead atoms. The molecule has 0 aromatic rings. The molecule has 3 saturated carbocycles. The van der Waals surface area contributed by atoms with Gasteiger partial charge in [0, 0.05) is 6.21 Å². The highest BCUT2D eigenvalue weighted by atomic mass is 16.6. The Morgan fingerprint density at radius 1 is 1.12 bits per heavy atom. The van der Waals surface area contributed by atoms with E-state index in [-0.39, 0.29) is 5.41 Å². The number of oxime groups is 1. The third-order valence-electron chi connectivity index (χ3n) is 12.2. The molecule has 0 heterocycles. The Kier molecular flexibility index (Phi) is 6.50. The molecule has 4 rings (SSSR count). The summed E-state index contributed by atoms with van der Waals surface area (Å²) < 4.78 is 0. The molecule has 9 atom stereocenters. The van der Waals surface area contributed by atoms with E-state index in [9.17, 15) is 0 Å². The van der Waals surface area contributed by atoms with E-state index in [2.05, 4.69) is 66.3 Å². The predicted octanol–water partition coefficient (Wildman–Crippen LogP) is 8.83. The first-order valence-electron chi connectivity index (χ1n) is 13.9. The molecule has 4 aliphatic carbocycles. The molecular weight excluding hydrogens is 402 g/mol. The zero-order valence-electron chi connectivity index (χ0n) is 23.0. The fraction of sp³-hybridized carbons (Fsp3) is 0.839. The lowest BCUT2D eigenvalue weighted by Crippen LogP contribution is -2.61. The summed E-state index contributed by atoms with van der Waals surface area (Å²) in [5.41, 5.74) is 4.70. The summed E-state index contributed by atoms with van der Waals surface area (Å²) in [5, 5.41) is 4.07. The van der Waals surface area contributed by atoms with Crippen molar-refractivity contribution in [2.45, 2.75) is 106 Å². The number of rotatable bonds is 5. The molecule has 0 unspecified atom stereocenters. The first-order valence-corrected chi connectivity index (χ1v) is 13.9. The average molecular weight is 454 g/mol. The first-order chi connectivity index (χ1) is 15.4. The van der Waals surface area contributed by atoms with Crippen molar-refractivity contribution in [2.24, 2.45) is 56.4 Å². The van der Waals surface area contributed by atoms with Gasteiger partial charge in [-0.3, -0.25) is 0 Å². The topological polar surface area (TPSA) is 21.6 Å². The van der Waals surface area contributed by atoms with E-state index in [0.717, 1.165) is 24.2 Å². The van der Waals surface area contributed by atoms with E-state index in [1.165, 1.54) is 56.9 Å². The lowest BCUT2D eigenvalue weighted by molar-refractivity contribution is -0.142. The monoisotopic (exact) mass is 453 g/mol. The van der Waals surface area contributed by atoms with Gasteiger partial charge in [0.25, 0.3) is 0 Å². The zero-order valence-corrected chi connectivity index (χ0v) is 23.0. The van der Waals surface area contributed by atoms with Crippen molar-refractivity contribution in [3.63, 3.8) is 0 Å². The molecule has 0 aliphatic heterocycles. The number of hydrogen-bond acceptors (Lipinski definition) is 2. The van der Waals surface area contributed by atoms with Gasteiger partial charge in [-0.05, 0) is 116 Å². The van der Waals surface area contributed by atoms with Crippen LogP contribution in [0.25, 0.3) is 0 Å². The quantitative estimate of drug-likeness (QED) is 0.231. The Balaban J connectivity index is 1.76. The van der Waals surface area contributed by atoms with Gasteiger partial charge in [-0.2, -0.15) is 0 Å². The molecule has 4 aliphatic rings. The van der Waals surface area contributed by atoms with Gasteiger partial charge in [0.05, 0.1) is 0 Å². The third kappa shape index (κ3) is 3.59. The summed E-state index contributed by atoms with van der Waals surface area (Å²) >= 11 is 0. The van der Waals surface area contributed by atoms with Gasteiger partial charge in [0.2, 0.25) is 0 Å². The second-order valence-corrected chi connectivity index (χ2v) is 13.7. The van der Waals surface area contributed by atoms with Crippen LogP contribution in [0.5, 0.6) is 0 Å². The third-order valence-corrected chi connectivity index (χ3v) is 12.2. The van der Waals surface area contributed by atoms with Crippen molar-refractivity contribution in [2.75, 3.05) is 7.11 Å². The second-order valence-electron chi connectivity index (χ2n) is 13.7. The molecule has 0 aromatic heterocycles. The molecular formula is C31H51NO. The minimum atomic E-state index is 0.260. The van der Waals surface area contributed by atoms with E-state index in [1.807, 2.05) is 11.8 Å². The molecule has 0 saturated heterocycles. The van der Waals surface area contributed by atoms with Crippen molar-refractivity contribution in [1.82, 2.24) is 0 Å². The second kappa shape index (κ2) is 8.56. The van der Waals surface area contributed by atoms with Gasteiger partial charge in [-0.15, -0.1) is 0 Å². The highest BCUT2D eigenvalue weighted by molar-refractivity contribution is 5.56. The maximum absolute atomic E-state index is 4.97. The van der Waals surface area contributed by atoms with E-state index in [1.54, 1.807) is 7.11 Å². The van der Waals surface area contributed by atoms with Crippen LogP contribution in [0.3, 0.4) is 0 Å². The standard InChI is InChI=1S/C31H51NO/c1-21(2)24-14-17-31(8)26(29(24,6)15-10-20-32-33-9)12-11-25-27-23(4)22(3)13-16-28(27,5)18-19-30(25,31)7/h11,20,22-24,26-27H,1,10,12-19H2,2-9H3/b32-20+/t22-,23+,24+,26-,27+,28-,29+,30-,31-/m1/s1. The summed E-state index contributed by atoms with van der Waals surface area (Å²) in [7, 11) is 1.64. The van der Waals surface area contributed by atoms with Crippen LogP contribution < -0.4 is 0 Å². The molecule has 0 radical (unpaired) electrons. The molecule has 2 heteroatoms. The molecule has 0 spiro atoms. The molecule has 186 valence electrons. The number of fused-ring (bicyclic) bond motifs is 5. The molecule has 0 aromatic carbocycles. The van der Waals surface area contributed by atoms with Crippen molar-refractivity contribution in [3.8, 4) is 0 Å². The lowest BCUT2D eigenvalue weighted by atomic mass is 9.35. The van der Waals surface area contributed by atoms with Gasteiger partial charge < -0.3 is 4.84 Å². The minimum absolute atomic E-state index is 0.260. The van der Waals surface area contributed by atoms with Gasteiger partial charge in [0.15, 0.2) is 0 Å². The molecule has 3 fully saturated rings. The summed E-state index contributed by atoms with van der Waals surface area (Å²) in [6, 6.07) is 0. The summed E-state index contributed by atoms with van der Waals surface area (Å²) in [6.45, 7) is 22.5. The fourth-order valence-corrected chi connectivity index (χ4v) is 9.88. The molecule has 0 N–H and O–H groups in total. The summed E-state index contributed by atoms with van der Waals surface area (Å²) in [6.07, 6.45) is 16.4. The largest absolute Gasteiger partial charge is 0.399 e. The van der Waals surface area contributed by atoms with Crippen LogP contribution >= 0.6 is 0 Å². The van der Waals surface area contributed by atoms with E-state index in [4.69, 9.17) is 4.84 Å². The highest BCUT2D eigenvalue weighted by Gasteiger charge is 2.65. The maximum atomic E-state index is 4.97. The van der Waals surface area contributed by atoms with Crippen LogP contribution in [-0.4, -0.2) is 13.3 Å². The van der Waals surface area contributed by atoms with Gasteiger partial charge in [-0.25, -0.2) is 0 Å². The van der Waals surface area contributed by atoms with Gasteiger partial charge >= 0.3 is 0 Å². The summed E-state index contributed by atoms with van der Waals surface area (Å²) in [4.78, 5) is 4.97. The minimum Gasteiger partial charge on any atom is -0.399 e. The number of allylic oxidation sites excluding steroid dienone is 3. The van der Waals surface area contributed by atoms with Crippen LogP contribution in [-0.2, 0) is 4.84 Å². The Hall–Kier alpha value is -1.05. The van der Waals surface area contributed by atoms with Gasteiger partial charge in [0.1, 0.15) is 7.11 Å². The van der Waals surface area contributed by atoms with Crippen LogP contribution in [0.15, 0.2) is 29.0 Å². The van der Waals surface area contributed by atoms with Gasteiger partial charge in [-0.1, -0.05) is 70.5 Å². The molecule has 0 amide bonds. The number of nitrogens with zero attached hydrogens (tertiary/aromatic N) is 1. The fourth-order valence-electron chi connectivity index (χ4n) is 9.88. The van der Waals surface area contributed by atoms with Crippen LogP contribution in [0.4, 0.5) is 0 Å². The van der Waals surface area contributed by atoms with Crippen molar-refractivity contribution < 1.29 is 4.84 Å². The molecule has 2 nitrogen and oxygen atoms in total. The Morgan fingerprint density at radius 2 is 1.85 bits per heavy atom. The Bertz CT molecular complexity index is 827. The van der Waals surface area contributed by atoms with Crippen LogP contribution in [0.2, 0.25) is 0 Å². The van der Waals surface area contributed by atoms with Crippen molar-refractivity contribution in [1.29, 1.82) is 0 Å².